The lowest BCUT2D eigenvalue weighted by molar-refractivity contribution is -0.276. The first-order valence-electron chi connectivity index (χ1n) is 5.10. The molecule has 0 rings (SSSR count). The van der Waals surface area contributed by atoms with Gasteiger partial charge in [-0.05, 0) is 0 Å². The number of hydrogen-bond acceptors (Lipinski definition) is 2. The Bertz CT molecular complexity index is 402. The van der Waals surface area contributed by atoms with Crippen molar-refractivity contribution >= 4 is 11.8 Å². The predicted octanol–water partition coefficient (Wildman–Crippen LogP) is 1.66. The molecule has 0 heterocycles. The topological polar surface area (TPSA) is 40.6 Å². The summed E-state index contributed by atoms with van der Waals surface area (Å²) in [6.45, 7) is -3.96. The highest BCUT2D eigenvalue weighted by atomic mass is 19.4. The van der Waals surface area contributed by atoms with Crippen LogP contribution in [0, 0.1) is 0 Å². The third-order valence-corrected chi connectivity index (χ3v) is 2.11. The van der Waals surface area contributed by atoms with E-state index in [1.807, 2.05) is 0 Å². The molecule has 12 heteroatoms. The van der Waals surface area contributed by atoms with E-state index in [2.05, 4.69) is 0 Å². The average molecular weight is 330 g/mol. The molecule has 0 unspecified atom stereocenters. The van der Waals surface area contributed by atoms with Crippen molar-refractivity contribution in [2.24, 2.45) is 0 Å². The lowest BCUT2D eigenvalue weighted by atomic mass is 10.2. The Hall–Kier alpha value is -1.62. The second-order valence-corrected chi connectivity index (χ2v) is 4.14. The van der Waals surface area contributed by atoms with Gasteiger partial charge in [0.1, 0.15) is 13.1 Å². The van der Waals surface area contributed by atoms with E-state index in [1.165, 1.54) is 0 Å². The maximum Gasteiger partial charge on any atom is 0.463 e. The van der Waals surface area contributed by atoms with E-state index in [-0.39, 0.29) is 0 Å². The minimum absolute atomic E-state index is 0.641. The van der Waals surface area contributed by atoms with Gasteiger partial charge in [0.2, 0.25) is 5.91 Å². The van der Waals surface area contributed by atoms with Gasteiger partial charge in [-0.1, -0.05) is 0 Å². The number of halogens is 8. The second-order valence-electron chi connectivity index (χ2n) is 4.14. The maximum atomic E-state index is 12.8. The van der Waals surface area contributed by atoms with Gasteiger partial charge < -0.3 is 9.80 Å². The molecule has 124 valence electrons. The van der Waals surface area contributed by atoms with Gasteiger partial charge in [-0.25, -0.2) is 0 Å². The van der Waals surface area contributed by atoms with Crippen molar-refractivity contribution in [2.45, 2.75) is 18.3 Å². The van der Waals surface area contributed by atoms with Crippen LogP contribution < -0.4 is 0 Å². The SMILES string of the molecule is CN(C)C(=O)CN(CC(F)(F)F)C(=O)C(F)(F)C(F)(F)F. The Labute approximate surface area is 113 Å². The molecule has 0 spiro atoms. The average Bonchev–Trinajstić information content (AvgIpc) is 2.23. The van der Waals surface area contributed by atoms with Gasteiger partial charge in [0.05, 0.1) is 0 Å². The van der Waals surface area contributed by atoms with Crippen molar-refractivity contribution in [1.82, 2.24) is 9.80 Å². The smallest absolute Gasteiger partial charge is 0.347 e. The summed E-state index contributed by atoms with van der Waals surface area (Å²) in [6, 6.07) is 0. The van der Waals surface area contributed by atoms with E-state index in [0.717, 1.165) is 14.1 Å². The van der Waals surface area contributed by atoms with Crippen LogP contribution in [0.5, 0.6) is 0 Å². The van der Waals surface area contributed by atoms with Gasteiger partial charge >= 0.3 is 24.2 Å². The maximum absolute atomic E-state index is 12.8. The van der Waals surface area contributed by atoms with E-state index in [4.69, 9.17) is 0 Å². The van der Waals surface area contributed by atoms with Crippen LogP contribution in [0.25, 0.3) is 0 Å². The van der Waals surface area contributed by atoms with Crippen LogP contribution in [0.1, 0.15) is 0 Å². The normalized spacial score (nSPS) is 13.0. The van der Waals surface area contributed by atoms with Crippen molar-refractivity contribution in [1.29, 1.82) is 0 Å². The Morgan fingerprint density at radius 1 is 0.905 bits per heavy atom. The first-order valence-corrected chi connectivity index (χ1v) is 5.10. The molecule has 21 heavy (non-hydrogen) atoms. The van der Waals surface area contributed by atoms with Crippen LogP contribution in [-0.4, -0.2) is 67.1 Å². The lowest BCUT2D eigenvalue weighted by Crippen LogP contribution is -2.56. The Kier molecular flexibility index (Phi) is 5.55. The van der Waals surface area contributed by atoms with Crippen molar-refractivity contribution in [3.63, 3.8) is 0 Å². The highest BCUT2D eigenvalue weighted by Gasteiger charge is 2.65. The Morgan fingerprint density at radius 2 is 1.33 bits per heavy atom. The zero-order chi connectivity index (χ0) is 17.2. The van der Waals surface area contributed by atoms with Crippen LogP contribution in [0.3, 0.4) is 0 Å². The molecule has 0 aromatic carbocycles. The van der Waals surface area contributed by atoms with E-state index >= 15 is 0 Å². The van der Waals surface area contributed by atoms with Gasteiger partial charge in [-0.15, -0.1) is 0 Å². The van der Waals surface area contributed by atoms with Crippen molar-refractivity contribution in [3.8, 4) is 0 Å². The molecule has 0 aromatic heterocycles. The molecule has 0 saturated carbocycles. The van der Waals surface area contributed by atoms with Gasteiger partial charge in [0.25, 0.3) is 0 Å². The highest BCUT2D eigenvalue weighted by molar-refractivity contribution is 5.89. The van der Waals surface area contributed by atoms with Gasteiger partial charge in [-0.3, -0.25) is 9.59 Å². The number of amides is 2. The first-order chi connectivity index (χ1) is 9.09. The van der Waals surface area contributed by atoms with Crippen LogP contribution in [0.4, 0.5) is 35.1 Å². The van der Waals surface area contributed by atoms with Gasteiger partial charge in [0.15, 0.2) is 0 Å². The molecular formula is C9H10F8N2O2. The fraction of sp³-hybridized carbons (Fsp3) is 0.778. The number of carbonyl (C=O) groups is 2. The minimum Gasteiger partial charge on any atom is -0.347 e. The molecule has 0 aliphatic heterocycles. The third-order valence-electron chi connectivity index (χ3n) is 2.11. The number of hydrogen-bond donors (Lipinski definition) is 0. The summed E-state index contributed by atoms with van der Waals surface area (Å²) in [4.78, 5) is 22.0. The monoisotopic (exact) mass is 330 g/mol. The Balaban J connectivity index is 5.40. The minimum atomic E-state index is -6.37. The van der Waals surface area contributed by atoms with Crippen LogP contribution in [-0.2, 0) is 9.59 Å². The quantitative estimate of drug-likeness (QED) is 0.736. The molecule has 4 nitrogen and oxygen atoms in total. The fourth-order valence-electron chi connectivity index (χ4n) is 1.04. The largest absolute Gasteiger partial charge is 0.463 e. The van der Waals surface area contributed by atoms with Crippen LogP contribution in [0.2, 0.25) is 0 Å². The van der Waals surface area contributed by atoms with Crippen LogP contribution >= 0.6 is 0 Å². The molecule has 0 aliphatic carbocycles. The summed E-state index contributed by atoms with van der Waals surface area (Å²) < 4.78 is 98.1. The summed E-state index contributed by atoms with van der Waals surface area (Å²) in [5, 5.41) is 0. The zero-order valence-corrected chi connectivity index (χ0v) is 10.6. The first kappa shape index (κ1) is 19.4. The number of likely N-dealkylation sites (N-methyl/N-ethyl adjacent to an activating group) is 1. The molecule has 0 radical (unpaired) electrons. The molecule has 0 aromatic rings. The van der Waals surface area contributed by atoms with Crippen molar-refractivity contribution < 1.29 is 44.7 Å². The summed E-state index contributed by atoms with van der Waals surface area (Å²) >= 11 is 0. The lowest BCUT2D eigenvalue weighted by Gasteiger charge is -2.29. The zero-order valence-electron chi connectivity index (χ0n) is 10.6. The Morgan fingerprint density at radius 3 is 1.62 bits per heavy atom. The van der Waals surface area contributed by atoms with E-state index < -0.39 is 48.1 Å². The molecule has 0 saturated heterocycles. The van der Waals surface area contributed by atoms with Crippen molar-refractivity contribution in [3.05, 3.63) is 0 Å². The summed E-state index contributed by atoms with van der Waals surface area (Å²) in [6.07, 6.45) is -11.6. The number of carbonyl (C=O) groups excluding carboxylic acids is 2. The van der Waals surface area contributed by atoms with E-state index in [9.17, 15) is 44.7 Å². The molecule has 0 bridgehead atoms. The molecular weight excluding hydrogens is 320 g/mol. The fourth-order valence-corrected chi connectivity index (χ4v) is 1.04. The predicted molar refractivity (Wildman–Crippen MR) is 52.3 cm³/mol. The van der Waals surface area contributed by atoms with Gasteiger partial charge in [-0.2, -0.15) is 35.1 Å². The molecule has 0 fully saturated rings. The number of alkyl halides is 8. The van der Waals surface area contributed by atoms with E-state index in [1.54, 1.807) is 0 Å². The molecule has 0 N–H and O–H groups in total. The number of rotatable bonds is 4. The second kappa shape index (κ2) is 6.02. The summed E-state index contributed by atoms with van der Waals surface area (Å²) in [7, 11) is 2.06. The molecule has 0 atom stereocenters. The molecule has 2 amide bonds. The summed E-state index contributed by atoms with van der Waals surface area (Å²) in [5.74, 6) is -10.4. The highest BCUT2D eigenvalue weighted by Crippen LogP contribution is 2.37. The van der Waals surface area contributed by atoms with Crippen molar-refractivity contribution in [2.75, 3.05) is 27.2 Å². The van der Waals surface area contributed by atoms with Gasteiger partial charge in [0, 0.05) is 14.1 Å². The summed E-state index contributed by atoms with van der Waals surface area (Å²) in [5.41, 5.74) is 0. The molecule has 0 aliphatic rings. The number of nitrogens with zero attached hydrogens (tertiary/aromatic N) is 2. The van der Waals surface area contributed by atoms with Crippen LogP contribution in [0.15, 0.2) is 0 Å². The third kappa shape index (κ3) is 5.34. The standard InChI is InChI=1S/C9H10F8N2O2/c1-18(2)5(20)3-19(4-7(10,11)12)6(21)8(13,14)9(15,16)17/h3-4H2,1-2H3. The van der Waals surface area contributed by atoms with E-state index in [0.29, 0.717) is 4.90 Å².